The number of fused-ring (bicyclic) bond motifs is 1. The van der Waals surface area contributed by atoms with Crippen LogP contribution in [0.2, 0.25) is 10.0 Å². The van der Waals surface area contributed by atoms with Gasteiger partial charge in [0, 0.05) is 15.1 Å². The summed E-state index contributed by atoms with van der Waals surface area (Å²) in [7, 11) is 0. The van der Waals surface area contributed by atoms with Gasteiger partial charge >= 0.3 is 5.97 Å². The lowest BCUT2D eigenvalue weighted by atomic mass is 9.96. The van der Waals surface area contributed by atoms with Crippen molar-refractivity contribution >= 4 is 62.5 Å². The van der Waals surface area contributed by atoms with Crippen LogP contribution in [-0.2, 0) is 9.53 Å². The van der Waals surface area contributed by atoms with Crippen LogP contribution in [0.5, 0.6) is 5.75 Å². The van der Waals surface area contributed by atoms with Crippen molar-refractivity contribution in [2.75, 3.05) is 6.61 Å². The Morgan fingerprint density at radius 2 is 2.00 bits per heavy atom. The summed E-state index contributed by atoms with van der Waals surface area (Å²) in [6, 6.07) is 9.58. The van der Waals surface area contributed by atoms with Crippen LogP contribution in [0.1, 0.15) is 31.0 Å². The lowest BCUT2D eigenvalue weighted by molar-refractivity contribution is -0.139. The van der Waals surface area contributed by atoms with Crippen molar-refractivity contribution in [3.8, 4) is 5.75 Å². The predicted molar refractivity (Wildman–Crippen MR) is 133 cm³/mol. The Bertz CT molecular complexity index is 1480. The normalized spacial score (nSPS) is 15.9. The first-order chi connectivity index (χ1) is 15.7. The van der Waals surface area contributed by atoms with Gasteiger partial charge in [0.2, 0.25) is 0 Å². The molecule has 0 saturated carbocycles. The monoisotopic (exact) mass is 566 g/mol. The molecule has 0 aliphatic carbocycles. The number of halogens is 3. The second-order valence-corrected chi connectivity index (χ2v) is 9.95. The number of phenols is 1. The van der Waals surface area contributed by atoms with Gasteiger partial charge in [-0.2, -0.15) is 0 Å². The van der Waals surface area contributed by atoms with Gasteiger partial charge < -0.3 is 9.84 Å². The largest absolute Gasteiger partial charge is 0.506 e. The molecular weight excluding hydrogens is 551 g/mol. The smallest absolute Gasteiger partial charge is 0.338 e. The molecule has 6 nitrogen and oxygen atoms in total. The first-order valence-electron chi connectivity index (χ1n) is 9.84. The molecular formula is C23H17BrCl2N2O4S. The fraction of sp³-hybridized carbons (Fsp3) is 0.174. The lowest BCUT2D eigenvalue weighted by Crippen LogP contribution is -2.39. The van der Waals surface area contributed by atoms with Gasteiger partial charge in [-0.15, -0.1) is 0 Å². The molecule has 1 aliphatic heterocycles. The van der Waals surface area contributed by atoms with Gasteiger partial charge in [-0.25, -0.2) is 9.79 Å². The summed E-state index contributed by atoms with van der Waals surface area (Å²) in [5.41, 5.74) is 1.45. The standard InChI is InChI=1S/C23H17BrCl2N2O4S/c1-3-32-22(31)18-11(2)27-23-28(19(18)12-4-6-14(24)7-5-12)21(30)17(33-23)9-13-8-15(25)10-16(26)20(13)29/h4-10,19,29H,3H2,1-2H3/b17-9-/t19-/m0/s1. The molecule has 0 fully saturated rings. The number of aromatic hydroxyl groups is 1. The van der Waals surface area contributed by atoms with Crippen LogP contribution in [0, 0.1) is 0 Å². The van der Waals surface area contributed by atoms with E-state index in [-0.39, 0.29) is 22.9 Å². The molecule has 0 amide bonds. The summed E-state index contributed by atoms with van der Waals surface area (Å²) in [6.07, 6.45) is 1.51. The van der Waals surface area contributed by atoms with Crippen molar-refractivity contribution in [1.82, 2.24) is 4.57 Å². The summed E-state index contributed by atoms with van der Waals surface area (Å²) in [4.78, 5) is 31.3. The third kappa shape index (κ3) is 4.53. The van der Waals surface area contributed by atoms with E-state index in [0.717, 1.165) is 21.4 Å². The molecule has 10 heteroatoms. The Morgan fingerprint density at radius 1 is 1.30 bits per heavy atom. The van der Waals surface area contributed by atoms with Crippen LogP contribution < -0.4 is 14.9 Å². The Morgan fingerprint density at radius 3 is 2.67 bits per heavy atom. The quantitative estimate of drug-likeness (QED) is 0.468. The Labute approximate surface area is 211 Å². The molecule has 1 aliphatic rings. The van der Waals surface area contributed by atoms with E-state index in [9.17, 15) is 14.7 Å². The first kappa shape index (κ1) is 23.8. The second kappa shape index (κ2) is 9.46. The average Bonchev–Trinajstić information content (AvgIpc) is 3.06. The molecule has 0 bridgehead atoms. The highest BCUT2D eigenvalue weighted by Crippen LogP contribution is 2.33. The summed E-state index contributed by atoms with van der Waals surface area (Å²) in [6.45, 7) is 3.64. The van der Waals surface area contributed by atoms with Crippen molar-refractivity contribution in [3.05, 3.63) is 93.0 Å². The number of carbonyl (C=O) groups excluding carboxylic acids is 1. The molecule has 0 spiro atoms. The number of hydrogen-bond acceptors (Lipinski definition) is 6. The highest BCUT2D eigenvalue weighted by atomic mass is 79.9. The predicted octanol–water partition coefficient (Wildman–Crippen LogP) is 4.57. The summed E-state index contributed by atoms with van der Waals surface area (Å²) in [5.74, 6) is -0.708. The second-order valence-electron chi connectivity index (χ2n) is 7.18. The van der Waals surface area contributed by atoms with Gasteiger partial charge in [-0.1, -0.05) is 62.6 Å². The number of carbonyl (C=O) groups is 1. The molecule has 1 N–H and O–H groups in total. The zero-order valence-corrected chi connectivity index (χ0v) is 21.3. The van der Waals surface area contributed by atoms with E-state index < -0.39 is 12.0 Å². The van der Waals surface area contributed by atoms with E-state index in [2.05, 4.69) is 20.9 Å². The number of rotatable bonds is 4. The van der Waals surface area contributed by atoms with Gasteiger partial charge in [0.25, 0.3) is 5.56 Å². The maximum atomic E-state index is 13.5. The highest BCUT2D eigenvalue weighted by Gasteiger charge is 2.33. The fourth-order valence-electron chi connectivity index (χ4n) is 3.59. The maximum Gasteiger partial charge on any atom is 0.338 e. The Hall–Kier alpha value is -2.39. The van der Waals surface area contributed by atoms with Crippen LogP contribution >= 0.6 is 50.5 Å². The molecule has 33 heavy (non-hydrogen) atoms. The third-order valence-electron chi connectivity index (χ3n) is 5.05. The summed E-state index contributed by atoms with van der Waals surface area (Å²) >= 11 is 16.7. The number of phenolic OH excluding ortho intramolecular Hbond substituents is 1. The van der Waals surface area contributed by atoms with Crippen molar-refractivity contribution < 1.29 is 14.6 Å². The van der Waals surface area contributed by atoms with Gasteiger partial charge in [0.15, 0.2) is 4.80 Å². The number of allylic oxidation sites excluding steroid dienone is 1. The maximum absolute atomic E-state index is 13.5. The van der Waals surface area contributed by atoms with E-state index in [4.69, 9.17) is 27.9 Å². The minimum atomic E-state index is -0.716. The molecule has 0 radical (unpaired) electrons. The van der Waals surface area contributed by atoms with Crippen molar-refractivity contribution in [1.29, 1.82) is 0 Å². The Balaban J connectivity index is 1.98. The number of aromatic nitrogens is 1. The van der Waals surface area contributed by atoms with Crippen molar-refractivity contribution in [2.24, 2.45) is 4.99 Å². The van der Waals surface area contributed by atoms with E-state index in [1.807, 2.05) is 24.3 Å². The zero-order valence-electron chi connectivity index (χ0n) is 17.4. The van der Waals surface area contributed by atoms with Crippen LogP contribution in [0.3, 0.4) is 0 Å². The topological polar surface area (TPSA) is 80.9 Å². The molecule has 170 valence electrons. The molecule has 0 unspecified atom stereocenters. The van der Waals surface area contributed by atoms with E-state index in [1.54, 1.807) is 13.8 Å². The Kier molecular flexibility index (Phi) is 6.81. The fourth-order valence-corrected chi connectivity index (χ4v) is 5.40. The summed E-state index contributed by atoms with van der Waals surface area (Å²) < 4.78 is 7.93. The molecule has 4 rings (SSSR count). The van der Waals surface area contributed by atoms with Gasteiger partial charge in [-0.3, -0.25) is 9.36 Å². The van der Waals surface area contributed by atoms with Crippen LogP contribution in [0.25, 0.3) is 6.08 Å². The molecule has 2 aromatic carbocycles. The number of hydrogen-bond donors (Lipinski definition) is 1. The number of nitrogens with zero attached hydrogens (tertiary/aromatic N) is 2. The SMILES string of the molecule is CCOC(=O)C1=C(C)N=c2s/c(=C\c3cc(Cl)cc(Cl)c3O)c(=O)n2[C@H]1c1ccc(Br)cc1. The highest BCUT2D eigenvalue weighted by molar-refractivity contribution is 9.10. The zero-order chi connectivity index (χ0) is 23.9. The average molecular weight is 568 g/mol. The van der Waals surface area contributed by atoms with Crippen LogP contribution in [-0.4, -0.2) is 22.2 Å². The minimum Gasteiger partial charge on any atom is -0.506 e. The molecule has 3 aromatic rings. The van der Waals surface area contributed by atoms with Gasteiger partial charge in [0.1, 0.15) is 5.75 Å². The lowest BCUT2D eigenvalue weighted by Gasteiger charge is -2.24. The van der Waals surface area contributed by atoms with Crippen LogP contribution in [0.4, 0.5) is 0 Å². The summed E-state index contributed by atoms with van der Waals surface area (Å²) in [5, 5.41) is 10.7. The van der Waals surface area contributed by atoms with Crippen molar-refractivity contribution in [2.45, 2.75) is 19.9 Å². The number of esters is 1. The van der Waals surface area contributed by atoms with Gasteiger partial charge in [0.05, 0.1) is 33.5 Å². The van der Waals surface area contributed by atoms with E-state index >= 15 is 0 Å². The number of ether oxygens (including phenoxy) is 1. The molecule has 1 aromatic heterocycles. The van der Waals surface area contributed by atoms with E-state index in [0.29, 0.717) is 31.2 Å². The first-order valence-corrected chi connectivity index (χ1v) is 12.2. The van der Waals surface area contributed by atoms with Crippen molar-refractivity contribution in [3.63, 3.8) is 0 Å². The molecule has 0 saturated heterocycles. The minimum absolute atomic E-state index is 0.0784. The molecule has 1 atom stereocenters. The van der Waals surface area contributed by atoms with Gasteiger partial charge in [-0.05, 0) is 49.8 Å². The number of benzene rings is 2. The van der Waals surface area contributed by atoms with E-state index in [1.165, 1.54) is 22.8 Å². The number of thiazole rings is 1. The third-order valence-corrected chi connectivity index (χ3v) is 7.06. The molecule has 2 heterocycles. The van der Waals surface area contributed by atoms with Crippen LogP contribution in [0.15, 0.2) is 61.9 Å².